The fourth-order valence-electron chi connectivity index (χ4n) is 0. The van der Waals surface area contributed by atoms with E-state index in [1.807, 2.05) is 0 Å². The summed E-state index contributed by atoms with van der Waals surface area (Å²) in [5, 5.41) is 0. The maximum absolute atomic E-state index is 8.46. The van der Waals surface area contributed by atoms with Crippen molar-refractivity contribution < 1.29 is 43.9 Å². The van der Waals surface area contributed by atoms with Crippen molar-refractivity contribution in [1.82, 2.24) is 0 Å². The molecule has 0 aliphatic rings. The monoisotopic (exact) mass is 210 g/mol. The molecular weight excluding hydrogens is 207 g/mol. The van der Waals surface area contributed by atoms with Crippen LogP contribution in [0, 0.1) is 0 Å². The molecule has 0 heterocycles. The Balaban J connectivity index is -0.0000000160. The van der Waals surface area contributed by atoms with E-state index in [9.17, 15) is 0 Å². The van der Waals surface area contributed by atoms with Crippen molar-refractivity contribution in [3.63, 3.8) is 0 Å². The van der Waals surface area contributed by atoms with E-state index in [0.717, 1.165) is 0 Å². The van der Waals surface area contributed by atoms with Crippen molar-refractivity contribution in [3.8, 4) is 0 Å². The Morgan fingerprint density at radius 3 is 1.00 bits per heavy atom. The van der Waals surface area contributed by atoms with Crippen LogP contribution < -0.4 is 0 Å². The van der Waals surface area contributed by atoms with Crippen molar-refractivity contribution in [2.45, 2.75) is 0 Å². The van der Waals surface area contributed by atoms with Crippen molar-refractivity contribution in [3.05, 3.63) is 0 Å². The molecule has 0 aromatic heterocycles. The third-order valence-corrected chi connectivity index (χ3v) is 0. The van der Waals surface area contributed by atoms with E-state index in [1.165, 1.54) is 0 Å². The summed E-state index contributed by atoms with van der Waals surface area (Å²) in [7, 11) is -1.67. The van der Waals surface area contributed by atoms with Gasteiger partial charge < -0.3 is 15.3 Å². The largest absolute Gasteiger partial charge is 2.00 e. The summed E-state index contributed by atoms with van der Waals surface area (Å²) >= 11 is 0. The van der Waals surface area contributed by atoms with E-state index in [0.29, 0.717) is 0 Å². The first-order valence-electron chi connectivity index (χ1n) is 0.765. The molecule has 5 nitrogen and oxygen atoms in total. The maximum Gasteiger partial charge on any atom is 2.00 e. The van der Waals surface area contributed by atoms with Gasteiger partial charge in [0.25, 0.3) is 0 Å². The predicted molar refractivity (Wildman–Crippen MR) is 23.3 cm³/mol. The molecular formula is H4O5P2Zn+2. The zero-order valence-electron chi connectivity index (χ0n) is 3.81. The average Bonchev–Trinajstić information content (AvgIpc) is 1.39. The predicted octanol–water partition coefficient (Wildman–Crippen LogP) is -0.456. The molecule has 0 saturated heterocycles. The van der Waals surface area contributed by atoms with E-state index in [2.05, 4.69) is 0 Å². The second kappa shape index (κ2) is 47.4. The summed E-state index contributed by atoms with van der Waals surface area (Å²) in [5.74, 6) is 0. The molecule has 0 unspecified atom stereocenters. The minimum Gasteiger partial charge on any atom is -0.412 e. The van der Waals surface area contributed by atoms with Gasteiger partial charge in [0.15, 0.2) is 0 Å². The fourth-order valence-corrected chi connectivity index (χ4v) is 0. The Labute approximate surface area is 61.7 Å². The smallest absolute Gasteiger partial charge is 0.412 e. The second-order valence-corrected chi connectivity index (χ2v) is 0.490. The first-order valence-corrected chi connectivity index (χ1v) is 2.30. The van der Waals surface area contributed by atoms with Crippen molar-refractivity contribution in [2.24, 2.45) is 0 Å². The quantitative estimate of drug-likeness (QED) is 0.418. The molecule has 0 aromatic carbocycles. The van der Waals surface area contributed by atoms with Crippen LogP contribution in [0.25, 0.3) is 0 Å². The van der Waals surface area contributed by atoms with Gasteiger partial charge in [0, 0.05) is 0 Å². The zero-order chi connectivity index (χ0) is 5.41. The normalized spacial score (nSPS) is 5.25. The van der Waals surface area contributed by atoms with Gasteiger partial charge in [0.1, 0.15) is 0 Å². The molecule has 0 saturated carbocycles. The number of hydrogen-bond donors (Lipinski definition) is 2. The van der Waals surface area contributed by atoms with Crippen LogP contribution in [-0.2, 0) is 28.6 Å². The Bertz CT molecular complexity index is 31.4. The van der Waals surface area contributed by atoms with Gasteiger partial charge in [-0.1, -0.05) is 0 Å². The van der Waals surface area contributed by atoms with Crippen LogP contribution in [0.4, 0.5) is 0 Å². The summed E-state index contributed by atoms with van der Waals surface area (Å²) in [4.78, 5) is 14.0. The summed E-state index contributed by atoms with van der Waals surface area (Å²) in [5.41, 5.74) is 0. The van der Waals surface area contributed by atoms with Gasteiger partial charge in [-0.05, 0) is 0 Å². The minimum atomic E-state index is -0.833. The standard InChI is InChI=1S/2HO2P.H2O.Zn/c2*1-3-2;;/h2*(H,1,2);1H2;/q;;;+2. The molecule has 4 N–H and O–H groups in total. The average molecular weight is 211 g/mol. The number of hydrogen-bond acceptors (Lipinski definition) is 2. The SMILES string of the molecule is O.O=PO.O=PO.[Zn+2]. The summed E-state index contributed by atoms with van der Waals surface area (Å²) in [6.07, 6.45) is 0. The Kier molecular flexibility index (Phi) is 138. The molecule has 0 fully saturated rings. The van der Waals surface area contributed by atoms with Gasteiger partial charge in [-0.3, -0.25) is 0 Å². The molecule has 44 valence electrons. The molecule has 0 aliphatic carbocycles. The maximum atomic E-state index is 8.46. The van der Waals surface area contributed by atoms with Crippen LogP contribution >= 0.6 is 17.4 Å². The van der Waals surface area contributed by atoms with E-state index in [-0.39, 0.29) is 25.0 Å². The Hall–Kier alpha value is 0.703. The third kappa shape index (κ3) is 441. The summed E-state index contributed by atoms with van der Waals surface area (Å²) < 4.78 is 16.9. The Morgan fingerprint density at radius 1 is 1.00 bits per heavy atom. The summed E-state index contributed by atoms with van der Waals surface area (Å²) in [6.45, 7) is 0. The van der Waals surface area contributed by atoms with Gasteiger partial charge in [-0.25, -0.2) is 9.13 Å². The minimum absolute atomic E-state index is 0. The Morgan fingerprint density at radius 2 is 1.00 bits per heavy atom. The van der Waals surface area contributed by atoms with E-state index < -0.39 is 17.4 Å². The van der Waals surface area contributed by atoms with Crippen molar-refractivity contribution >= 4 is 17.4 Å². The molecule has 0 amide bonds. The van der Waals surface area contributed by atoms with Gasteiger partial charge in [0.05, 0.1) is 0 Å². The molecule has 8 heavy (non-hydrogen) atoms. The molecule has 8 heteroatoms. The van der Waals surface area contributed by atoms with Crippen molar-refractivity contribution in [2.75, 3.05) is 0 Å². The molecule has 0 rings (SSSR count). The first kappa shape index (κ1) is 23.3. The van der Waals surface area contributed by atoms with Crippen LogP contribution in [0.3, 0.4) is 0 Å². The van der Waals surface area contributed by atoms with Gasteiger partial charge in [0.2, 0.25) is 0 Å². The molecule has 0 aliphatic heterocycles. The van der Waals surface area contributed by atoms with Gasteiger partial charge in [-0.2, -0.15) is 0 Å². The van der Waals surface area contributed by atoms with Gasteiger partial charge in [-0.15, -0.1) is 0 Å². The van der Waals surface area contributed by atoms with E-state index >= 15 is 0 Å². The molecule has 0 aromatic rings. The van der Waals surface area contributed by atoms with E-state index in [4.69, 9.17) is 18.9 Å². The van der Waals surface area contributed by atoms with Crippen molar-refractivity contribution in [1.29, 1.82) is 0 Å². The zero-order valence-corrected chi connectivity index (χ0v) is 8.57. The fraction of sp³-hybridized carbons (Fsp3) is 0. The number of rotatable bonds is 0. The first-order chi connectivity index (χ1) is 2.83. The van der Waals surface area contributed by atoms with Crippen LogP contribution in [0.1, 0.15) is 0 Å². The van der Waals surface area contributed by atoms with Crippen LogP contribution in [0.2, 0.25) is 0 Å². The summed E-state index contributed by atoms with van der Waals surface area (Å²) in [6, 6.07) is 0. The topological polar surface area (TPSA) is 106 Å². The van der Waals surface area contributed by atoms with Crippen LogP contribution in [0.15, 0.2) is 0 Å². The molecule has 0 radical (unpaired) electrons. The van der Waals surface area contributed by atoms with E-state index in [1.54, 1.807) is 0 Å². The van der Waals surface area contributed by atoms with Crippen LogP contribution in [-0.4, -0.2) is 15.3 Å². The molecule has 0 atom stereocenters. The molecule has 0 spiro atoms. The second-order valence-electron chi connectivity index (χ2n) is 0.163. The molecule has 0 bridgehead atoms. The van der Waals surface area contributed by atoms with Gasteiger partial charge >= 0.3 is 36.9 Å². The third-order valence-electron chi connectivity index (χ3n) is 0. The van der Waals surface area contributed by atoms with Crippen LogP contribution in [0.5, 0.6) is 0 Å².